The first-order chi connectivity index (χ1) is 16.3. The quantitative estimate of drug-likeness (QED) is 0.524. The van der Waals surface area contributed by atoms with E-state index in [1.165, 1.54) is 35.1 Å². The van der Waals surface area contributed by atoms with E-state index >= 15 is 0 Å². The number of piperidine rings is 1. The fraction of sp³-hybridized carbons (Fsp3) is 0.333. The second-order valence-electron chi connectivity index (χ2n) is 8.88. The van der Waals surface area contributed by atoms with Crippen molar-refractivity contribution < 1.29 is 24.5 Å². The van der Waals surface area contributed by atoms with Crippen molar-refractivity contribution in [3.05, 3.63) is 82.9 Å². The molecule has 2 aromatic rings. The number of halogens is 1. The Kier molecular flexibility index (Phi) is 7.66. The molecule has 0 amide bonds. The lowest BCUT2D eigenvalue weighted by atomic mass is 9.95. The standard InChI is InChI=1S/C23H24BrNO.C4H4O4/c1-25-16-10-11-17(25)14-18(13-16)26-23-19-7-3-2-6-15(19)12-22(24)20-8-4-5-9-21(20)23;5-3(6)1-2-4(7)8/h2-9,12,16-18,23H,10-11,13-14H2,1H3;1-2H,(H,5,6)(H,7,8)/b;2-1+/t16-,17+,18?,23?;. The van der Waals surface area contributed by atoms with Gasteiger partial charge in [-0.05, 0) is 61.1 Å². The number of benzene rings is 2. The van der Waals surface area contributed by atoms with E-state index in [2.05, 4.69) is 82.5 Å². The van der Waals surface area contributed by atoms with E-state index in [4.69, 9.17) is 14.9 Å². The van der Waals surface area contributed by atoms with Crippen molar-refractivity contribution in [1.29, 1.82) is 0 Å². The number of hydrogen-bond acceptors (Lipinski definition) is 4. The topological polar surface area (TPSA) is 87.1 Å². The van der Waals surface area contributed by atoms with Crippen LogP contribution in [0.3, 0.4) is 0 Å². The molecule has 0 radical (unpaired) electrons. The number of carboxylic acids is 2. The molecular weight excluding hydrogens is 498 g/mol. The maximum atomic E-state index is 9.55. The Hall–Kier alpha value is -2.74. The lowest BCUT2D eigenvalue weighted by Gasteiger charge is -2.38. The van der Waals surface area contributed by atoms with Gasteiger partial charge in [-0.15, -0.1) is 0 Å². The van der Waals surface area contributed by atoms with E-state index in [-0.39, 0.29) is 6.10 Å². The summed E-state index contributed by atoms with van der Waals surface area (Å²) in [4.78, 5) is 21.7. The minimum absolute atomic E-state index is 0.00139. The molecule has 4 atom stereocenters. The van der Waals surface area contributed by atoms with Gasteiger partial charge in [-0.1, -0.05) is 64.5 Å². The summed E-state index contributed by atoms with van der Waals surface area (Å²) in [5, 5.41) is 15.6. The summed E-state index contributed by atoms with van der Waals surface area (Å²) in [6.07, 6.45) is 8.65. The van der Waals surface area contributed by atoms with E-state index in [9.17, 15) is 9.59 Å². The molecule has 178 valence electrons. The van der Waals surface area contributed by atoms with Crippen LogP contribution in [-0.4, -0.2) is 52.3 Å². The number of carboxylic acid groups (broad SMARTS) is 2. The van der Waals surface area contributed by atoms with Gasteiger partial charge >= 0.3 is 11.9 Å². The smallest absolute Gasteiger partial charge is 0.328 e. The minimum Gasteiger partial charge on any atom is -0.478 e. The van der Waals surface area contributed by atoms with Gasteiger partial charge in [-0.3, -0.25) is 0 Å². The van der Waals surface area contributed by atoms with Crippen LogP contribution in [0.2, 0.25) is 0 Å². The highest BCUT2D eigenvalue weighted by Gasteiger charge is 2.40. The molecule has 2 N–H and O–H groups in total. The highest BCUT2D eigenvalue weighted by atomic mass is 79.9. The van der Waals surface area contributed by atoms with Gasteiger partial charge in [0.2, 0.25) is 0 Å². The van der Waals surface area contributed by atoms with Gasteiger partial charge in [0, 0.05) is 28.7 Å². The lowest BCUT2D eigenvalue weighted by molar-refractivity contribution is -0.134. The maximum Gasteiger partial charge on any atom is 0.328 e. The van der Waals surface area contributed by atoms with E-state index in [1.54, 1.807) is 0 Å². The first-order valence-electron chi connectivity index (χ1n) is 11.4. The van der Waals surface area contributed by atoms with Crippen LogP contribution in [0.15, 0.2) is 60.7 Å². The summed E-state index contributed by atoms with van der Waals surface area (Å²) in [5.74, 6) is -2.51. The predicted molar refractivity (Wildman–Crippen MR) is 135 cm³/mol. The molecule has 6 nitrogen and oxygen atoms in total. The Bertz CT molecular complexity index is 1100. The highest BCUT2D eigenvalue weighted by Crippen LogP contribution is 2.43. The average molecular weight is 526 g/mol. The number of carbonyl (C=O) groups is 2. The van der Waals surface area contributed by atoms with Crippen LogP contribution in [0, 0.1) is 0 Å². The molecule has 2 aliphatic heterocycles. The predicted octanol–water partition coefficient (Wildman–Crippen LogP) is 5.34. The minimum atomic E-state index is -1.26. The first-order valence-corrected chi connectivity index (χ1v) is 12.2. The molecule has 2 bridgehead atoms. The molecule has 7 heteroatoms. The zero-order valence-electron chi connectivity index (χ0n) is 18.9. The third-order valence-corrected chi connectivity index (χ3v) is 7.47. The Morgan fingerprint density at radius 1 is 0.941 bits per heavy atom. The van der Waals surface area contributed by atoms with E-state index in [0.717, 1.165) is 17.3 Å². The number of nitrogens with zero attached hydrogens (tertiary/aromatic N) is 1. The van der Waals surface area contributed by atoms with Crippen molar-refractivity contribution in [3.63, 3.8) is 0 Å². The van der Waals surface area contributed by atoms with Gasteiger partial charge in [-0.2, -0.15) is 0 Å². The number of rotatable bonds is 4. The second kappa shape index (κ2) is 10.7. The fourth-order valence-corrected chi connectivity index (χ4v) is 5.77. The van der Waals surface area contributed by atoms with Crippen molar-refractivity contribution in [3.8, 4) is 0 Å². The Morgan fingerprint density at radius 3 is 2.12 bits per heavy atom. The first kappa shape index (κ1) is 24.4. The Labute approximate surface area is 207 Å². The Balaban J connectivity index is 0.000000297. The second-order valence-corrected chi connectivity index (χ2v) is 9.73. The van der Waals surface area contributed by atoms with Crippen LogP contribution in [0.5, 0.6) is 0 Å². The van der Waals surface area contributed by atoms with Crippen LogP contribution in [0.25, 0.3) is 10.6 Å². The van der Waals surface area contributed by atoms with Crippen molar-refractivity contribution >= 4 is 38.4 Å². The largest absolute Gasteiger partial charge is 0.478 e. The van der Waals surface area contributed by atoms with Gasteiger partial charge in [0.15, 0.2) is 0 Å². The molecule has 2 saturated heterocycles. The number of hydrogen-bond donors (Lipinski definition) is 2. The van der Waals surface area contributed by atoms with Crippen molar-refractivity contribution in [2.45, 2.75) is 50.0 Å². The molecule has 2 unspecified atom stereocenters. The molecule has 0 saturated carbocycles. The molecule has 34 heavy (non-hydrogen) atoms. The average Bonchev–Trinajstić information content (AvgIpc) is 2.98. The fourth-order valence-electron chi connectivity index (χ4n) is 5.16. The van der Waals surface area contributed by atoms with Crippen LogP contribution >= 0.6 is 15.9 Å². The number of aliphatic carboxylic acids is 2. The summed E-state index contributed by atoms with van der Waals surface area (Å²) in [5.41, 5.74) is 5.04. The van der Waals surface area contributed by atoms with Gasteiger partial charge in [-0.25, -0.2) is 9.59 Å². The Morgan fingerprint density at radius 2 is 1.50 bits per heavy atom. The summed E-state index contributed by atoms with van der Waals surface area (Å²) >= 11 is 3.80. The molecule has 3 aliphatic rings. The molecular formula is C27H28BrNO5. The summed E-state index contributed by atoms with van der Waals surface area (Å²) in [6, 6.07) is 18.7. The zero-order chi connectivity index (χ0) is 24.2. The molecule has 0 spiro atoms. The molecule has 5 rings (SSSR count). The van der Waals surface area contributed by atoms with Crippen LogP contribution in [0.1, 0.15) is 54.0 Å². The molecule has 2 aromatic carbocycles. The van der Waals surface area contributed by atoms with Gasteiger partial charge in [0.05, 0.1) is 6.10 Å². The lowest BCUT2D eigenvalue weighted by Crippen LogP contribution is -2.43. The number of fused-ring (bicyclic) bond motifs is 4. The van der Waals surface area contributed by atoms with Crippen molar-refractivity contribution in [1.82, 2.24) is 4.90 Å². The molecule has 2 fully saturated rings. The van der Waals surface area contributed by atoms with Gasteiger partial charge in [0.1, 0.15) is 6.10 Å². The van der Waals surface area contributed by atoms with Crippen LogP contribution in [-0.2, 0) is 14.3 Å². The third-order valence-electron chi connectivity index (χ3n) is 6.81. The zero-order valence-corrected chi connectivity index (χ0v) is 20.5. The summed E-state index contributed by atoms with van der Waals surface area (Å²) < 4.78 is 8.00. The SMILES string of the molecule is CN1[C@@H]2CC[C@H]1CC(OC1c3ccccc3C=C(Br)c3ccccc31)C2.O=C(O)/C=C/C(=O)O. The van der Waals surface area contributed by atoms with E-state index in [1.807, 2.05) is 0 Å². The molecule has 0 aromatic heterocycles. The van der Waals surface area contributed by atoms with Crippen LogP contribution in [0.4, 0.5) is 0 Å². The molecule has 1 aliphatic carbocycles. The highest BCUT2D eigenvalue weighted by molar-refractivity contribution is 9.15. The van der Waals surface area contributed by atoms with Crippen LogP contribution < -0.4 is 0 Å². The maximum absolute atomic E-state index is 9.55. The van der Waals surface area contributed by atoms with E-state index < -0.39 is 11.9 Å². The van der Waals surface area contributed by atoms with E-state index in [0.29, 0.717) is 30.3 Å². The van der Waals surface area contributed by atoms with Gasteiger partial charge in [0.25, 0.3) is 0 Å². The molecule has 2 heterocycles. The summed E-state index contributed by atoms with van der Waals surface area (Å²) in [6.45, 7) is 0. The third kappa shape index (κ3) is 5.49. The monoisotopic (exact) mass is 525 g/mol. The van der Waals surface area contributed by atoms with Gasteiger partial charge < -0.3 is 19.8 Å². The number of ether oxygens (including phenoxy) is 1. The normalized spacial score (nSPS) is 25.4. The summed E-state index contributed by atoms with van der Waals surface area (Å²) in [7, 11) is 2.29. The van der Waals surface area contributed by atoms with Crippen molar-refractivity contribution in [2.24, 2.45) is 0 Å². The van der Waals surface area contributed by atoms with Crippen molar-refractivity contribution in [2.75, 3.05) is 7.05 Å².